The molecule has 3 unspecified atom stereocenters. The first-order chi connectivity index (χ1) is 12.6. The lowest BCUT2D eigenvalue weighted by Crippen LogP contribution is -2.49. The maximum absolute atomic E-state index is 11.1. The van der Waals surface area contributed by atoms with E-state index in [2.05, 4.69) is 41.1 Å². The van der Waals surface area contributed by atoms with E-state index in [0.29, 0.717) is 5.41 Å². The van der Waals surface area contributed by atoms with Gasteiger partial charge >= 0.3 is 0 Å². The van der Waals surface area contributed by atoms with Crippen molar-refractivity contribution >= 4 is 5.57 Å². The van der Waals surface area contributed by atoms with Crippen molar-refractivity contribution in [3.8, 4) is 0 Å². The number of fused-ring (bicyclic) bond motifs is 5. The minimum atomic E-state index is 0.0138. The zero-order valence-corrected chi connectivity index (χ0v) is 15.9. The van der Waals surface area contributed by atoms with Crippen LogP contribution in [0.15, 0.2) is 35.4 Å². The molecule has 0 amide bonds. The van der Waals surface area contributed by atoms with Gasteiger partial charge in [0.25, 0.3) is 0 Å². The van der Waals surface area contributed by atoms with E-state index in [1.165, 1.54) is 42.5 Å². The van der Waals surface area contributed by atoms with Gasteiger partial charge in [-0.3, -0.25) is 0 Å². The molecule has 2 saturated carbocycles. The van der Waals surface area contributed by atoms with Gasteiger partial charge in [-0.1, -0.05) is 36.7 Å². The molecule has 4 aliphatic rings. The Balaban J connectivity index is 1.46. The van der Waals surface area contributed by atoms with Crippen LogP contribution in [0.2, 0.25) is 0 Å². The minimum Gasteiger partial charge on any atom is -0.345 e. The van der Waals surface area contributed by atoms with Crippen LogP contribution in [0.3, 0.4) is 0 Å². The Morgan fingerprint density at radius 3 is 2.73 bits per heavy atom. The van der Waals surface area contributed by atoms with Gasteiger partial charge in [0, 0.05) is 0 Å². The normalized spacial score (nSPS) is 44.4. The molecule has 4 aliphatic carbocycles. The molecule has 138 valence electrons. The second-order valence-corrected chi connectivity index (χ2v) is 9.54. The first kappa shape index (κ1) is 16.5. The number of aromatic nitrogens is 2. The van der Waals surface area contributed by atoms with Gasteiger partial charge < -0.3 is 4.98 Å². The van der Waals surface area contributed by atoms with Crippen LogP contribution < -0.4 is 0 Å². The highest BCUT2D eigenvalue weighted by Crippen LogP contribution is 2.66. The summed E-state index contributed by atoms with van der Waals surface area (Å²) in [4.78, 5) is 18.7. The van der Waals surface area contributed by atoms with Crippen LogP contribution in [-0.4, -0.2) is 16.0 Å². The fourth-order valence-corrected chi connectivity index (χ4v) is 7.12. The number of imidazole rings is 1. The van der Waals surface area contributed by atoms with E-state index in [9.17, 15) is 4.91 Å². The topological polar surface area (TPSA) is 58.1 Å². The van der Waals surface area contributed by atoms with Gasteiger partial charge in [0.05, 0.1) is 24.3 Å². The van der Waals surface area contributed by atoms with Gasteiger partial charge in [0.1, 0.15) is 0 Å². The molecule has 1 aromatic heterocycles. The van der Waals surface area contributed by atoms with E-state index >= 15 is 0 Å². The van der Waals surface area contributed by atoms with Crippen LogP contribution in [0, 0.1) is 33.5 Å². The number of nitrogens with one attached hydrogen (secondary N) is 1. The smallest absolute Gasteiger partial charge is 0.0957 e. The van der Waals surface area contributed by atoms with Crippen molar-refractivity contribution in [2.45, 2.75) is 64.8 Å². The standard InChI is InChI=1S/C22H29N3O/c1-21-9-7-15(25-26)11-14(21)3-4-16-17-5-6-19(20-12-23-13-24-20)22(17,2)10-8-18(16)21/h3,6,12-13,15-18H,4-5,7-11H2,1-2H3,(H,23,24)/t15-,16?,17?,18?,21-,22-/m0/s1. The van der Waals surface area contributed by atoms with Crippen LogP contribution >= 0.6 is 0 Å². The predicted octanol–water partition coefficient (Wildman–Crippen LogP) is 5.50. The zero-order valence-electron chi connectivity index (χ0n) is 15.9. The van der Waals surface area contributed by atoms with Crippen LogP contribution in [-0.2, 0) is 0 Å². The molecule has 0 bridgehead atoms. The summed E-state index contributed by atoms with van der Waals surface area (Å²) in [6.07, 6.45) is 16.7. The van der Waals surface area contributed by atoms with E-state index in [4.69, 9.17) is 0 Å². The Labute approximate surface area is 155 Å². The molecular formula is C22H29N3O. The van der Waals surface area contributed by atoms with Gasteiger partial charge in [0.2, 0.25) is 0 Å². The van der Waals surface area contributed by atoms with Crippen molar-refractivity contribution in [3.63, 3.8) is 0 Å². The highest BCUT2D eigenvalue weighted by Gasteiger charge is 2.57. The average molecular weight is 351 g/mol. The minimum absolute atomic E-state index is 0.0138. The second-order valence-electron chi connectivity index (χ2n) is 9.54. The molecule has 0 spiro atoms. The number of H-pyrrole nitrogens is 1. The van der Waals surface area contributed by atoms with E-state index < -0.39 is 0 Å². The number of aromatic amines is 1. The van der Waals surface area contributed by atoms with Gasteiger partial charge in [0.15, 0.2) is 0 Å². The van der Waals surface area contributed by atoms with Gasteiger partial charge in [-0.15, -0.1) is 0 Å². The van der Waals surface area contributed by atoms with Crippen molar-refractivity contribution < 1.29 is 0 Å². The quantitative estimate of drug-likeness (QED) is 0.565. The maximum atomic E-state index is 11.1. The molecule has 1 aromatic rings. The van der Waals surface area contributed by atoms with Crippen LogP contribution in [0.5, 0.6) is 0 Å². The molecule has 1 N–H and O–H groups in total. The summed E-state index contributed by atoms with van der Waals surface area (Å²) < 4.78 is 0. The fraction of sp³-hybridized carbons (Fsp3) is 0.682. The van der Waals surface area contributed by atoms with Crippen molar-refractivity contribution in [1.29, 1.82) is 0 Å². The van der Waals surface area contributed by atoms with Gasteiger partial charge in [-0.2, -0.15) is 4.91 Å². The Morgan fingerprint density at radius 1 is 1.12 bits per heavy atom. The third-order valence-electron chi connectivity index (χ3n) is 8.60. The molecular weight excluding hydrogens is 322 g/mol. The third kappa shape index (κ3) is 2.10. The molecule has 4 nitrogen and oxygen atoms in total. The molecule has 2 fully saturated rings. The first-order valence-corrected chi connectivity index (χ1v) is 10.3. The number of hydrogen-bond donors (Lipinski definition) is 1. The zero-order chi connectivity index (χ0) is 17.9. The molecule has 0 radical (unpaired) electrons. The molecule has 6 atom stereocenters. The number of allylic oxidation sites excluding steroid dienone is 3. The average Bonchev–Trinajstić information content (AvgIpc) is 3.27. The lowest BCUT2D eigenvalue weighted by atomic mass is 9.47. The lowest BCUT2D eigenvalue weighted by Gasteiger charge is -2.57. The van der Waals surface area contributed by atoms with Crippen LogP contribution in [0.4, 0.5) is 0 Å². The Hall–Kier alpha value is -1.71. The highest BCUT2D eigenvalue weighted by molar-refractivity contribution is 5.70. The van der Waals surface area contributed by atoms with Crippen molar-refractivity contribution in [2.24, 2.45) is 33.8 Å². The molecule has 26 heavy (non-hydrogen) atoms. The van der Waals surface area contributed by atoms with E-state index in [1.54, 1.807) is 6.33 Å². The summed E-state index contributed by atoms with van der Waals surface area (Å²) in [6, 6.07) is 0.0138. The Bertz CT molecular complexity index is 779. The summed E-state index contributed by atoms with van der Waals surface area (Å²) >= 11 is 0. The summed E-state index contributed by atoms with van der Waals surface area (Å²) in [7, 11) is 0. The molecule has 0 aromatic carbocycles. The predicted molar refractivity (Wildman–Crippen MR) is 103 cm³/mol. The Kier molecular flexibility index (Phi) is 3.57. The van der Waals surface area contributed by atoms with E-state index in [-0.39, 0.29) is 11.5 Å². The number of nitrogens with zero attached hydrogens (tertiary/aromatic N) is 2. The SMILES string of the molecule is C[C@]12CC[C@H](N=O)CC1=CCC1C2CC[C@]2(C)C(c3cnc[nH]3)=CCC12. The molecule has 4 heteroatoms. The summed E-state index contributed by atoms with van der Waals surface area (Å²) in [6.45, 7) is 4.97. The van der Waals surface area contributed by atoms with Crippen LogP contribution in [0.25, 0.3) is 5.57 Å². The summed E-state index contributed by atoms with van der Waals surface area (Å²) in [5.74, 6) is 2.26. The third-order valence-corrected chi connectivity index (χ3v) is 8.60. The van der Waals surface area contributed by atoms with Gasteiger partial charge in [-0.25, -0.2) is 4.98 Å². The van der Waals surface area contributed by atoms with Crippen LogP contribution in [0.1, 0.15) is 64.5 Å². The van der Waals surface area contributed by atoms with Gasteiger partial charge in [-0.05, 0) is 79.1 Å². The number of hydrogen-bond acceptors (Lipinski definition) is 3. The van der Waals surface area contributed by atoms with Crippen molar-refractivity contribution in [2.75, 3.05) is 0 Å². The van der Waals surface area contributed by atoms with Crippen molar-refractivity contribution in [1.82, 2.24) is 9.97 Å². The molecule has 1 heterocycles. The summed E-state index contributed by atoms with van der Waals surface area (Å²) in [5, 5.41) is 3.37. The monoisotopic (exact) mass is 351 g/mol. The van der Waals surface area contributed by atoms with E-state index in [1.807, 2.05) is 6.20 Å². The fourth-order valence-electron chi connectivity index (χ4n) is 7.12. The summed E-state index contributed by atoms with van der Waals surface area (Å²) in [5.41, 5.74) is 4.81. The molecule has 0 aliphatic heterocycles. The second kappa shape index (κ2) is 5.64. The van der Waals surface area contributed by atoms with Crippen molar-refractivity contribution in [3.05, 3.63) is 40.9 Å². The number of nitroso groups, excluding NO2 is 1. The molecule has 5 rings (SSSR count). The highest BCUT2D eigenvalue weighted by atomic mass is 16.3. The number of rotatable bonds is 2. The van der Waals surface area contributed by atoms with E-state index in [0.717, 1.165) is 37.0 Å². The Morgan fingerprint density at radius 2 is 1.96 bits per heavy atom. The lowest BCUT2D eigenvalue weighted by molar-refractivity contribution is -0.0113. The molecule has 0 saturated heterocycles. The maximum Gasteiger partial charge on any atom is 0.0957 e. The largest absolute Gasteiger partial charge is 0.345 e. The first-order valence-electron chi connectivity index (χ1n) is 10.3.